The van der Waals surface area contributed by atoms with Gasteiger partial charge in [0.1, 0.15) is 18.8 Å². The number of benzene rings is 1. The van der Waals surface area contributed by atoms with Gasteiger partial charge in [0.25, 0.3) is 11.8 Å². The number of esters is 3. The van der Waals surface area contributed by atoms with Crippen LogP contribution in [0.4, 0.5) is 4.39 Å². The maximum absolute atomic E-state index is 15.2. The van der Waals surface area contributed by atoms with Gasteiger partial charge in [0.2, 0.25) is 6.36 Å². The van der Waals surface area contributed by atoms with E-state index in [1.54, 1.807) is 0 Å². The highest BCUT2D eigenvalue weighted by Crippen LogP contribution is 2.35. The van der Waals surface area contributed by atoms with Crippen LogP contribution in [0.5, 0.6) is 0 Å². The van der Waals surface area contributed by atoms with E-state index in [1.165, 1.54) is 24.3 Å². The fourth-order valence-corrected chi connectivity index (χ4v) is 3.62. The Hall–Kier alpha value is -3.34. The van der Waals surface area contributed by atoms with Crippen LogP contribution < -0.4 is 0 Å². The molecule has 5 unspecified atom stereocenters. The molecule has 1 saturated heterocycles. The van der Waals surface area contributed by atoms with Crippen LogP contribution in [0.3, 0.4) is 0 Å². The zero-order valence-corrected chi connectivity index (χ0v) is 16.9. The molecule has 2 aliphatic rings. The Bertz CT molecular complexity index is 898. The number of amides is 2. The van der Waals surface area contributed by atoms with E-state index < -0.39 is 67.0 Å². The molecule has 0 saturated carbocycles. The molecule has 1 fully saturated rings. The van der Waals surface area contributed by atoms with Gasteiger partial charge < -0.3 is 18.9 Å². The number of carbonyl (C=O) groups excluding carboxylic acids is 5. The molecule has 5 atom stereocenters. The molecule has 1 aromatic carbocycles. The number of fused-ring (bicyclic) bond motifs is 1. The Balaban J connectivity index is 2.01. The second kappa shape index (κ2) is 8.80. The summed E-state index contributed by atoms with van der Waals surface area (Å²) in [7, 11) is 0. The Kier molecular flexibility index (Phi) is 6.34. The number of hydrogen-bond donors (Lipinski definition) is 0. The van der Waals surface area contributed by atoms with Crippen LogP contribution in [-0.4, -0.2) is 71.9 Å². The van der Waals surface area contributed by atoms with Gasteiger partial charge in [0.05, 0.1) is 11.1 Å². The second-order valence-corrected chi connectivity index (χ2v) is 6.99. The van der Waals surface area contributed by atoms with Crippen LogP contribution >= 0.6 is 0 Å². The van der Waals surface area contributed by atoms with Gasteiger partial charge in [-0.25, -0.2) is 4.39 Å². The van der Waals surface area contributed by atoms with Gasteiger partial charge >= 0.3 is 17.9 Å². The Labute approximate surface area is 176 Å². The molecule has 0 spiro atoms. The van der Waals surface area contributed by atoms with Crippen molar-refractivity contribution in [3.05, 3.63) is 35.4 Å². The third-order valence-electron chi connectivity index (χ3n) is 4.78. The topological polar surface area (TPSA) is 126 Å². The van der Waals surface area contributed by atoms with Crippen LogP contribution in [-0.2, 0) is 33.3 Å². The lowest BCUT2D eigenvalue weighted by Gasteiger charge is -2.44. The molecule has 0 aromatic heterocycles. The first kappa shape index (κ1) is 22.3. The van der Waals surface area contributed by atoms with Crippen molar-refractivity contribution in [1.82, 2.24) is 4.90 Å². The average molecular weight is 437 g/mol. The van der Waals surface area contributed by atoms with Crippen LogP contribution in [0.25, 0.3) is 0 Å². The summed E-state index contributed by atoms with van der Waals surface area (Å²) in [5.41, 5.74) is 0.0969. The van der Waals surface area contributed by atoms with Crippen molar-refractivity contribution >= 4 is 29.7 Å². The number of nitrogens with zero attached hydrogens (tertiary/aromatic N) is 1. The van der Waals surface area contributed by atoms with Crippen molar-refractivity contribution in [1.29, 1.82) is 0 Å². The first-order valence-corrected chi connectivity index (χ1v) is 9.36. The minimum Gasteiger partial charge on any atom is -0.463 e. The summed E-state index contributed by atoms with van der Waals surface area (Å²) in [4.78, 5) is 61.0. The van der Waals surface area contributed by atoms with E-state index in [9.17, 15) is 24.0 Å². The predicted octanol–water partition coefficient (Wildman–Crippen LogP) is 0.772. The molecule has 3 rings (SSSR count). The van der Waals surface area contributed by atoms with E-state index in [-0.39, 0.29) is 11.1 Å². The quantitative estimate of drug-likeness (QED) is 0.373. The van der Waals surface area contributed by atoms with E-state index in [2.05, 4.69) is 0 Å². The number of rotatable bonds is 5. The lowest BCUT2D eigenvalue weighted by molar-refractivity contribution is -0.253. The van der Waals surface area contributed by atoms with Gasteiger partial charge in [-0.1, -0.05) is 12.1 Å². The Morgan fingerprint density at radius 3 is 1.94 bits per heavy atom. The number of alkyl halides is 1. The summed E-state index contributed by atoms with van der Waals surface area (Å²) in [6.07, 6.45) is -6.73. The number of ether oxygens (including phenoxy) is 4. The van der Waals surface area contributed by atoms with E-state index in [4.69, 9.17) is 18.9 Å². The monoisotopic (exact) mass is 437 g/mol. The largest absolute Gasteiger partial charge is 0.463 e. The predicted molar refractivity (Wildman–Crippen MR) is 98.2 cm³/mol. The van der Waals surface area contributed by atoms with Crippen LogP contribution in [0.2, 0.25) is 0 Å². The van der Waals surface area contributed by atoms with Crippen molar-refractivity contribution in [2.45, 2.75) is 51.5 Å². The zero-order valence-electron chi connectivity index (χ0n) is 16.9. The lowest BCUT2D eigenvalue weighted by Crippen LogP contribution is -2.66. The molecule has 11 heteroatoms. The van der Waals surface area contributed by atoms with Gasteiger partial charge in [-0.15, -0.1) is 0 Å². The zero-order chi connectivity index (χ0) is 22.9. The third-order valence-corrected chi connectivity index (χ3v) is 4.78. The highest BCUT2D eigenvalue weighted by Gasteiger charge is 2.57. The lowest BCUT2D eigenvalue weighted by atomic mass is 9.95. The minimum atomic E-state index is -2.32. The number of hydrogen-bond acceptors (Lipinski definition) is 9. The van der Waals surface area contributed by atoms with Crippen molar-refractivity contribution in [2.24, 2.45) is 0 Å². The first-order chi connectivity index (χ1) is 14.6. The fraction of sp³-hybridized carbons (Fsp3) is 0.450. The fourth-order valence-electron chi connectivity index (χ4n) is 3.62. The molecule has 31 heavy (non-hydrogen) atoms. The molecule has 166 valence electrons. The van der Waals surface area contributed by atoms with Gasteiger partial charge in [0, 0.05) is 20.8 Å². The summed E-state index contributed by atoms with van der Waals surface area (Å²) >= 11 is 0. The second-order valence-electron chi connectivity index (χ2n) is 6.99. The molecular formula is C20H20FNO9. The summed E-state index contributed by atoms with van der Waals surface area (Å²) in [5, 5.41) is 0. The summed E-state index contributed by atoms with van der Waals surface area (Å²) in [6.45, 7) is 2.70. The van der Waals surface area contributed by atoms with Crippen molar-refractivity contribution in [2.75, 3.05) is 6.61 Å². The summed E-state index contributed by atoms with van der Waals surface area (Å²) in [5.74, 6) is -4.02. The van der Waals surface area contributed by atoms with Gasteiger partial charge in [-0.2, -0.15) is 0 Å². The highest BCUT2D eigenvalue weighted by atomic mass is 19.1. The molecule has 0 N–H and O–H groups in total. The van der Waals surface area contributed by atoms with Gasteiger partial charge in [0.15, 0.2) is 12.2 Å². The van der Waals surface area contributed by atoms with Crippen LogP contribution in [0.1, 0.15) is 41.5 Å². The molecule has 2 aliphatic heterocycles. The SMILES string of the molecule is CC(=O)OCC1OC(F)C(N2C(=O)c3ccccc3C2=O)C(OC(C)=O)C1OC(C)=O. The third kappa shape index (κ3) is 4.41. The minimum absolute atomic E-state index is 0.0485. The maximum Gasteiger partial charge on any atom is 0.303 e. The molecule has 0 bridgehead atoms. The number of imide groups is 1. The highest BCUT2D eigenvalue weighted by molar-refractivity contribution is 6.21. The van der Waals surface area contributed by atoms with Crippen molar-refractivity contribution in [3.8, 4) is 0 Å². The van der Waals surface area contributed by atoms with Gasteiger partial charge in [-0.05, 0) is 12.1 Å². The van der Waals surface area contributed by atoms with E-state index in [0.717, 1.165) is 20.8 Å². The van der Waals surface area contributed by atoms with Gasteiger partial charge in [-0.3, -0.25) is 28.9 Å². The van der Waals surface area contributed by atoms with Crippen molar-refractivity contribution < 1.29 is 47.3 Å². The molecule has 10 nitrogen and oxygen atoms in total. The molecule has 2 heterocycles. The number of halogens is 1. The standard InChI is InChI=1S/C20H20FNO9/c1-9(23)28-8-14-16(29-10(2)24)17(30-11(3)25)15(18(21)31-14)22-19(26)12-6-4-5-7-13(12)20(22)27/h4-7,14-18H,8H2,1-3H3. The average Bonchev–Trinajstić information content (AvgIpc) is 2.93. The Morgan fingerprint density at radius 1 is 0.935 bits per heavy atom. The molecular weight excluding hydrogens is 417 g/mol. The van der Waals surface area contributed by atoms with E-state index in [1.807, 2.05) is 0 Å². The molecule has 0 aliphatic carbocycles. The first-order valence-electron chi connectivity index (χ1n) is 9.36. The normalized spacial score (nSPS) is 27.5. The van der Waals surface area contributed by atoms with Crippen LogP contribution in [0, 0.1) is 0 Å². The summed E-state index contributed by atoms with van der Waals surface area (Å²) < 4.78 is 35.7. The smallest absolute Gasteiger partial charge is 0.303 e. The van der Waals surface area contributed by atoms with E-state index in [0.29, 0.717) is 4.90 Å². The van der Waals surface area contributed by atoms with Crippen LogP contribution in [0.15, 0.2) is 24.3 Å². The molecule has 1 aromatic rings. The van der Waals surface area contributed by atoms with E-state index >= 15 is 4.39 Å². The summed E-state index contributed by atoms with van der Waals surface area (Å²) in [6, 6.07) is 4.14. The molecule has 0 radical (unpaired) electrons. The van der Waals surface area contributed by atoms with Crippen molar-refractivity contribution in [3.63, 3.8) is 0 Å². The molecule has 2 amide bonds. The number of carbonyl (C=O) groups is 5. The Morgan fingerprint density at radius 2 is 1.45 bits per heavy atom. The maximum atomic E-state index is 15.2.